The summed E-state index contributed by atoms with van der Waals surface area (Å²) in [5, 5.41) is 11.0. The van der Waals surface area contributed by atoms with Crippen LogP contribution in [0.15, 0.2) is 30.7 Å². The Hall–Kier alpha value is -2.06. The first kappa shape index (κ1) is 18.9. The van der Waals surface area contributed by atoms with Gasteiger partial charge in [-0.25, -0.2) is 4.98 Å². The molecule has 1 aliphatic carbocycles. The maximum absolute atomic E-state index is 12.8. The lowest BCUT2D eigenvalue weighted by molar-refractivity contribution is -0.141. The van der Waals surface area contributed by atoms with Gasteiger partial charge in [0.05, 0.1) is 23.5 Å². The Balaban J connectivity index is 1.26. The van der Waals surface area contributed by atoms with Crippen molar-refractivity contribution in [2.45, 2.75) is 31.0 Å². The number of fused-ring (bicyclic) bond motifs is 1. The average molecular weight is 426 g/mol. The van der Waals surface area contributed by atoms with Crippen LogP contribution in [0.1, 0.15) is 30.5 Å². The van der Waals surface area contributed by atoms with E-state index in [9.17, 15) is 18.3 Å². The van der Waals surface area contributed by atoms with Gasteiger partial charge in [-0.2, -0.15) is 13.2 Å². The van der Waals surface area contributed by atoms with Gasteiger partial charge in [0.15, 0.2) is 5.69 Å². The van der Waals surface area contributed by atoms with Crippen LogP contribution in [-0.4, -0.2) is 34.8 Å². The number of ether oxygens (including phenoxy) is 1. The van der Waals surface area contributed by atoms with E-state index in [4.69, 9.17) is 16.3 Å². The van der Waals surface area contributed by atoms with Gasteiger partial charge in [-0.15, -0.1) is 0 Å². The number of pyridine rings is 2. The van der Waals surface area contributed by atoms with Crippen molar-refractivity contribution in [3.63, 3.8) is 0 Å². The molecule has 1 saturated carbocycles. The molecule has 29 heavy (non-hydrogen) atoms. The fourth-order valence-corrected chi connectivity index (χ4v) is 5.31. The Morgan fingerprint density at radius 2 is 2.00 bits per heavy atom. The van der Waals surface area contributed by atoms with Crippen molar-refractivity contribution in [1.82, 2.24) is 9.97 Å². The molecular formula is C20H19ClF3N3O2. The van der Waals surface area contributed by atoms with Gasteiger partial charge in [-0.05, 0) is 30.9 Å². The summed E-state index contributed by atoms with van der Waals surface area (Å²) in [5.74, 6) is 0.807. The molecule has 2 fully saturated rings. The van der Waals surface area contributed by atoms with Gasteiger partial charge in [0.1, 0.15) is 11.4 Å². The number of halogens is 4. The molecule has 1 N–H and O–H groups in total. The zero-order valence-corrected chi connectivity index (χ0v) is 16.2. The van der Waals surface area contributed by atoms with Crippen LogP contribution in [0.25, 0.3) is 0 Å². The van der Waals surface area contributed by atoms with Crippen LogP contribution in [0.5, 0.6) is 5.75 Å². The highest BCUT2D eigenvalue weighted by atomic mass is 35.5. The average Bonchev–Trinajstić information content (AvgIpc) is 2.59. The molecule has 1 spiro atoms. The molecule has 1 atom stereocenters. The first-order chi connectivity index (χ1) is 13.7. The Morgan fingerprint density at radius 1 is 1.24 bits per heavy atom. The van der Waals surface area contributed by atoms with Crippen molar-refractivity contribution in [3.05, 3.63) is 47.0 Å². The Labute approximate surface area is 170 Å². The minimum absolute atomic E-state index is 0.0796. The number of aliphatic hydroxyl groups is 1. The Kier molecular flexibility index (Phi) is 4.06. The summed E-state index contributed by atoms with van der Waals surface area (Å²) in [4.78, 5) is 9.64. The van der Waals surface area contributed by atoms with Crippen molar-refractivity contribution < 1.29 is 23.0 Å². The first-order valence-electron chi connectivity index (χ1n) is 9.48. The third-order valence-corrected chi connectivity index (χ3v) is 6.82. The summed E-state index contributed by atoms with van der Waals surface area (Å²) >= 11 is 5.79. The van der Waals surface area contributed by atoms with E-state index < -0.39 is 17.5 Å². The molecule has 9 heteroatoms. The lowest BCUT2D eigenvalue weighted by Gasteiger charge is -2.63. The fraction of sp³-hybridized carbons (Fsp3) is 0.500. The number of nitrogens with zero attached hydrogens (tertiary/aromatic N) is 3. The number of hydrogen-bond acceptors (Lipinski definition) is 5. The highest BCUT2D eigenvalue weighted by Crippen LogP contribution is 2.60. The van der Waals surface area contributed by atoms with Gasteiger partial charge in [0.2, 0.25) is 0 Å². The number of hydrogen-bond donors (Lipinski definition) is 1. The quantitative estimate of drug-likeness (QED) is 0.787. The molecule has 0 amide bonds. The third kappa shape index (κ3) is 2.95. The smallest absolute Gasteiger partial charge is 0.434 e. The molecule has 0 aromatic carbocycles. The zero-order chi connectivity index (χ0) is 20.4. The van der Waals surface area contributed by atoms with Crippen molar-refractivity contribution in [2.75, 3.05) is 24.6 Å². The van der Waals surface area contributed by atoms with E-state index in [0.717, 1.165) is 31.5 Å². The fourth-order valence-electron chi connectivity index (χ4n) is 5.04. The summed E-state index contributed by atoms with van der Waals surface area (Å²) in [5.41, 5.74) is -0.573. The summed E-state index contributed by atoms with van der Waals surface area (Å²) in [6.45, 7) is 1.91. The number of anilines is 1. The lowest BCUT2D eigenvalue weighted by atomic mass is 9.52. The van der Waals surface area contributed by atoms with Crippen LogP contribution in [0.3, 0.4) is 0 Å². The minimum atomic E-state index is -4.56. The van der Waals surface area contributed by atoms with Crippen LogP contribution in [0, 0.1) is 11.3 Å². The van der Waals surface area contributed by atoms with Crippen molar-refractivity contribution >= 4 is 17.3 Å². The molecular weight excluding hydrogens is 407 g/mol. The predicted octanol–water partition coefficient (Wildman–Crippen LogP) is 4.04. The molecule has 4 heterocycles. The van der Waals surface area contributed by atoms with Crippen molar-refractivity contribution in [3.8, 4) is 5.75 Å². The van der Waals surface area contributed by atoms with E-state index in [2.05, 4.69) is 9.97 Å². The zero-order valence-electron chi connectivity index (χ0n) is 15.4. The second kappa shape index (κ2) is 6.22. The second-order valence-electron chi connectivity index (χ2n) is 8.38. The molecule has 1 unspecified atom stereocenters. The van der Waals surface area contributed by atoms with Crippen molar-refractivity contribution in [2.24, 2.45) is 11.3 Å². The molecule has 2 aromatic heterocycles. The summed E-state index contributed by atoms with van der Waals surface area (Å²) in [6.07, 6.45) is 2.26. The second-order valence-corrected chi connectivity index (χ2v) is 8.78. The molecule has 5 rings (SSSR count). The topological polar surface area (TPSA) is 58.5 Å². The minimum Gasteiger partial charge on any atom is -0.493 e. The van der Waals surface area contributed by atoms with E-state index >= 15 is 0 Å². The van der Waals surface area contributed by atoms with Crippen LogP contribution in [-0.2, 0) is 11.8 Å². The SMILES string of the molecule is OC1(C2CC3(C2)CN(c2cnc(C(F)(F)F)c(Cl)c2)C3)CCOc2ccncc21. The molecule has 5 nitrogen and oxygen atoms in total. The summed E-state index contributed by atoms with van der Waals surface area (Å²) in [6, 6.07) is 3.11. The number of aromatic nitrogens is 2. The van der Waals surface area contributed by atoms with Crippen LogP contribution >= 0.6 is 11.6 Å². The van der Waals surface area contributed by atoms with Gasteiger partial charge in [-0.1, -0.05) is 11.6 Å². The van der Waals surface area contributed by atoms with Crippen molar-refractivity contribution in [1.29, 1.82) is 0 Å². The largest absolute Gasteiger partial charge is 0.493 e. The highest BCUT2D eigenvalue weighted by molar-refractivity contribution is 6.31. The van der Waals surface area contributed by atoms with Gasteiger partial charge in [-0.3, -0.25) is 4.98 Å². The van der Waals surface area contributed by atoms with Gasteiger partial charge >= 0.3 is 6.18 Å². The Morgan fingerprint density at radius 3 is 2.69 bits per heavy atom. The predicted molar refractivity (Wildman–Crippen MR) is 99.9 cm³/mol. The van der Waals surface area contributed by atoms with Gasteiger partial charge in [0, 0.05) is 42.9 Å². The summed E-state index contributed by atoms with van der Waals surface area (Å²) in [7, 11) is 0. The first-order valence-corrected chi connectivity index (χ1v) is 9.85. The van der Waals surface area contributed by atoms with Crippen LogP contribution in [0.2, 0.25) is 5.02 Å². The number of rotatable bonds is 2. The van der Waals surface area contributed by atoms with E-state index in [1.807, 2.05) is 4.90 Å². The monoisotopic (exact) mass is 425 g/mol. The maximum Gasteiger partial charge on any atom is 0.434 e. The van der Waals surface area contributed by atoms with Gasteiger partial charge in [0.25, 0.3) is 0 Å². The molecule has 3 aliphatic rings. The Bertz CT molecular complexity index is 956. The van der Waals surface area contributed by atoms with E-state index in [0.29, 0.717) is 24.5 Å². The standard InChI is InChI=1S/C20H19ClF3N3O2/c21-15-5-13(8-26-17(15)20(22,23)24)27-10-18(11-27)6-12(7-18)19(28)2-4-29-16-1-3-25-9-14(16)19/h1,3,5,8-9,12,28H,2,4,6-7,10-11H2. The normalized spacial score (nSPS) is 25.8. The molecule has 2 aromatic rings. The molecule has 1 saturated heterocycles. The third-order valence-electron chi connectivity index (χ3n) is 6.54. The van der Waals surface area contributed by atoms with Crippen LogP contribution in [0.4, 0.5) is 18.9 Å². The van der Waals surface area contributed by atoms with Crippen LogP contribution < -0.4 is 9.64 Å². The van der Waals surface area contributed by atoms with E-state index in [1.165, 1.54) is 12.3 Å². The van der Waals surface area contributed by atoms with E-state index in [-0.39, 0.29) is 16.4 Å². The van der Waals surface area contributed by atoms with Gasteiger partial charge < -0.3 is 14.7 Å². The number of alkyl halides is 3. The lowest BCUT2D eigenvalue weighted by Crippen LogP contribution is -2.65. The highest BCUT2D eigenvalue weighted by Gasteiger charge is 2.59. The molecule has 154 valence electrons. The maximum atomic E-state index is 12.8. The molecule has 0 bridgehead atoms. The van der Waals surface area contributed by atoms with E-state index in [1.54, 1.807) is 18.5 Å². The molecule has 2 aliphatic heterocycles. The summed E-state index contributed by atoms with van der Waals surface area (Å²) < 4.78 is 44.1. The molecule has 0 radical (unpaired) electrons.